The first-order chi connectivity index (χ1) is 7.93. The van der Waals surface area contributed by atoms with Gasteiger partial charge in [0, 0.05) is 13.6 Å². The zero-order valence-corrected chi connectivity index (χ0v) is 11.8. The number of nitrogens with two attached hydrogens (primary N) is 1. The molecule has 1 rings (SSSR count). The molecule has 0 aliphatic heterocycles. The molecule has 17 heavy (non-hydrogen) atoms. The van der Waals surface area contributed by atoms with Crippen molar-refractivity contribution in [3.8, 4) is 0 Å². The Morgan fingerprint density at radius 3 is 2.71 bits per heavy atom. The van der Waals surface area contributed by atoms with E-state index in [1.54, 1.807) is 4.68 Å². The number of aromatic nitrogens is 2. The maximum absolute atomic E-state index is 5.71. The zero-order valence-electron chi connectivity index (χ0n) is 10.9. The summed E-state index contributed by atoms with van der Waals surface area (Å²) < 4.78 is 1.79. The first kappa shape index (κ1) is 13.9. The maximum Gasteiger partial charge on any atom is 0.134 e. The van der Waals surface area contributed by atoms with E-state index in [1.165, 1.54) is 0 Å². The second-order valence-electron chi connectivity index (χ2n) is 4.38. The van der Waals surface area contributed by atoms with Gasteiger partial charge in [0.25, 0.3) is 0 Å². The Balaban J connectivity index is 2.67. The second-order valence-corrected chi connectivity index (χ2v) is 4.82. The fraction of sp³-hybridized carbons (Fsp3) is 0.636. The van der Waals surface area contributed by atoms with Gasteiger partial charge in [-0.2, -0.15) is 5.10 Å². The van der Waals surface area contributed by atoms with Crippen molar-refractivity contribution in [3.63, 3.8) is 0 Å². The lowest BCUT2D eigenvalue weighted by molar-refractivity contribution is 0.405. The van der Waals surface area contributed by atoms with Crippen molar-refractivity contribution >= 4 is 23.0 Å². The Morgan fingerprint density at radius 1 is 1.53 bits per heavy atom. The number of anilines is 1. The van der Waals surface area contributed by atoms with Crippen LogP contribution < -0.4 is 11.1 Å². The predicted octanol–water partition coefficient (Wildman–Crippen LogP) is 0.726. The Kier molecular flexibility index (Phi) is 4.89. The highest BCUT2D eigenvalue weighted by Gasteiger charge is 2.14. The van der Waals surface area contributed by atoms with Crippen molar-refractivity contribution < 1.29 is 0 Å². The molecule has 3 N–H and O–H groups in total. The number of nitrogens with one attached hydrogen (secondary N) is 1. The standard InChI is InChI=1S/C11H21N5S/c1-8-9(10(12)17)11(16(4)14-8)13-6-5-7-15(2)3/h13H,5-7H2,1-4H3,(H2,12,17). The Labute approximate surface area is 108 Å². The molecule has 1 aromatic heterocycles. The highest BCUT2D eigenvalue weighted by atomic mass is 32.1. The third-order valence-electron chi connectivity index (χ3n) is 2.54. The molecule has 0 aliphatic carbocycles. The van der Waals surface area contributed by atoms with Crippen LogP contribution in [0.5, 0.6) is 0 Å². The van der Waals surface area contributed by atoms with Gasteiger partial charge in [0.15, 0.2) is 0 Å². The molecule has 0 spiro atoms. The van der Waals surface area contributed by atoms with Gasteiger partial charge in [0.1, 0.15) is 10.8 Å². The second kappa shape index (κ2) is 5.97. The monoisotopic (exact) mass is 255 g/mol. The summed E-state index contributed by atoms with van der Waals surface area (Å²) in [4.78, 5) is 2.55. The van der Waals surface area contributed by atoms with Crippen LogP contribution in [0, 0.1) is 6.92 Å². The Hall–Kier alpha value is -1.14. The molecule has 0 unspecified atom stereocenters. The number of thiocarbonyl (C=S) groups is 1. The van der Waals surface area contributed by atoms with E-state index in [9.17, 15) is 0 Å². The molecule has 0 fully saturated rings. The van der Waals surface area contributed by atoms with Gasteiger partial charge in [-0.05, 0) is 34.0 Å². The van der Waals surface area contributed by atoms with Crippen molar-refractivity contribution in [2.75, 3.05) is 32.5 Å². The van der Waals surface area contributed by atoms with E-state index < -0.39 is 0 Å². The van der Waals surface area contributed by atoms with Crippen LogP contribution in [0.15, 0.2) is 0 Å². The third kappa shape index (κ3) is 3.67. The van der Waals surface area contributed by atoms with E-state index in [2.05, 4.69) is 29.4 Å². The molecule has 0 aliphatic rings. The minimum absolute atomic E-state index is 0.394. The molecule has 1 heterocycles. The van der Waals surface area contributed by atoms with Crippen LogP contribution >= 0.6 is 12.2 Å². The summed E-state index contributed by atoms with van der Waals surface area (Å²) in [7, 11) is 6.02. The van der Waals surface area contributed by atoms with Gasteiger partial charge >= 0.3 is 0 Å². The van der Waals surface area contributed by atoms with Crippen LogP contribution in [0.3, 0.4) is 0 Å². The molecule has 96 valence electrons. The van der Waals surface area contributed by atoms with Crippen molar-refractivity contribution in [1.82, 2.24) is 14.7 Å². The summed E-state index contributed by atoms with van der Waals surface area (Å²) in [5.74, 6) is 0.911. The first-order valence-electron chi connectivity index (χ1n) is 5.65. The average molecular weight is 255 g/mol. The van der Waals surface area contributed by atoms with Crippen LogP contribution in [0.1, 0.15) is 17.7 Å². The van der Waals surface area contributed by atoms with Crippen LogP contribution in [0.2, 0.25) is 0 Å². The maximum atomic E-state index is 5.71. The molecule has 0 amide bonds. The predicted molar refractivity (Wildman–Crippen MR) is 75.5 cm³/mol. The minimum Gasteiger partial charge on any atom is -0.389 e. The summed E-state index contributed by atoms with van der Waals surface area (Å²) in [5, 5.41) is 7.67. The quantitative estimate of drug-likeness (QED) is 0.579. The van der Waals surface area contributed by atoms with E-state index in [4.69, 9.17) is 18.0 Å². The van der Waals surface area contributed by atoms with Crippen LogP contribution in [-0.2, 0) is 7.05 Å². The van der Waals surface area contributed by atoms with Crippen LogP contribution in [0.25, 0.3) is 0 Å². The molecule has 0 saturated carbocycles. The van der Waals surface area contributed by atoms with E-state index in [0.717, 1.165) is 36.6 Å². The van der Waals surface area contributed by atoms with Gasteiger partial charge in [0.2, 0.25) is 0 Å². The van der Waals surface area contributed by atoms with Crippen molar-refractivity contribution in [1.29, 1.82) is 0 Å². The zero-order chi connectivity index (χ0) is 13.0. The molecule has 6 heteroatoms. The molecule has 0 aromatic carbocycles. The van der Waals surface area contributed by atoms with Gasteiger partial charge in [-0.15, -0.1) is 0 Å². The first-order valence-corrected chi connectivity index (χ1v) is 6.06. The molecule has 0 bridgehead atoms. The fourth-order valence-corrected chi connectivity index (χ4v) is 2.00. The summed E-state index contributed by atoms with van der Waals surface area (Å²) in [6.45, 7) is 3.85. The van der Waals surface area contributed by atoms with Crippen molar-refractivity contribution in [2.24, 2.45) is 12.8 Å². The minimum atomic E-state index is 0.394. The average Bonchev–Trinajstić information content (AvgIpc) is 2.48. The van der Waals surface area contributed by atoms with E-state index >= 15 is 0 Å². The SMILES string of the molecule is Cc1nn(C)c(NCCCN(C)C)c1C(N)=S. The van der Waals surface area contributed by atoms with Crippen molar-refractivity contribution in [3.05, 3.63) is 11.3 Å². The Bertz CT molecular complexity index is 397. The summed E-state index contributed by atoms with van der Waals surface area (Å²) >= 11 is 5.05. The molecular weight excluding hydrogens is 234 g/mol. The lowest BCUT2D eigenvalue weighted by atomic mass is 10.2. The number of aryl methyl sites for hydroxylation is 2. The topological polar surface area (TPSA) is 59.1 Å². The number of hydrogen-bond acceptors (Lipinski definition) is 4. The van der Waals surface area contributed by atoms with E-state index in [1.807, 2.05) is 14.0 Å². The van der Waals surface area contributed by atoms with E-state index in [-0.39, 0.29) is 0 Å². The van der Waals surface area contributed by atoms with Gasteiger partial charge in [-0.25, -0.2) is 0 Å². The summed E-state index contributed by atoms with van der Waals surface area (Å²) in [6.07, 6.45) is 1.06. The van der Waals surface area contributed by atoms with Crippen molar-refractivity contribution in [2.45, 2.75) is 13.3 Å². The molecular formula is C11H21N5S. The van der Waals surface area contributed by atoms with Gasteiger partial charge < -0.3 is 16.0 Å². The largest absolute Gasteiger partial charge is 0.389 e. The van der Waals surface area contributed by atoms with E-state index in [0.29, 0.717) is 4.99 Å². The molecule has 1 aromatic rings. The Morgan fingerprint density at radius 2 is 2.18 bits per heavy atom. The lowest BCUT2D eigenvalue weighted by Crippen LogP contribution is -2.19. The van der Waals surface area contributed by atoms with Crippen LogP contribution in [0.4, 0.5) is 5.82 Å². The highest BCUT2D eigenvalue weighted by Crippen LogP contribution is 2.18. The molecule has 0 radical (unpaired) electrons. The van der Waals surface area contributed by atoms with Gasteiger partial charge in [-0.3, -0.25) is 4.68 Å². The van der Waals surface area contributed by atoms with Gasteiger partial charge in [-0.1, -0.05) is 12.2 Å². The summed E-state index contributed by atoms with van der Waals surface area (Å²) in [5.41, 5.74) is 7.44. The molecule has 5 nitrogen and oxygen atoms in total. The number of hydrogen-bond donors (Lipinski definition) is 2. The molecule has 0 atom stereocenters. The number of rotatable bonds is 6. The summed E-state index contributed by atoms with van der Waals surface area (Å²) in [6, 6.07) is 0. The normalized spacial score (nSPS) is 10.9. The number of nitrogens with zero attached hydrogens (tertiary/aromatic N) is 3. The van der Waals surface area contributed by atoms with Crippen LogP contribution in [-0.4, -0.2) is 46.9 Å². The highest BCUT2D eigenvalue weighted by molar-refractivity contribution is 7.80. The third-order valence-corrected chi connectivity index (χ3v) is 2.75. The smallest absolute Gasteiger partial charge is 0.134 e. The fourth-order valence-electron chi connectivity index (χ4n) is 1.76. The molecule has 0 saturated heterocycles. The van der Waals surface area contributed by atoms with Gasteiger partial charge in [0.05, 0.1) is 11.3 Å². The lowest BCUT2D eigenvalue weighted by Gasteiger charge is -2.11.